The van der Waals surface area contributed by atoms with Gasteiger partial charge < -0.3 is 19.9 Å². The van der Waals surface area contributed by atoms with Gasteiger partial charge in [-0.2, -0.15) is 5.06 Å². The number of aliphatic hydroxyl groups excluding tert-OH is 2. The summed E-state index contributed by atoms with van der Waals surface area (Å²) in [5, 5.41) is 19.6. The molecule has 0 aliphatic carbocycles. The van der Waals surface area contributed by atoms with Crippen molar-refractivity contribution in [2.75, 3.05) is 6.54 Å². The highest BCUT2D eigenvalue weighted by Crippen LogP contribution is 2.14. The molecular formula is C12H12N2O10. The number of rotatable bonds is 5. The molecular weight excluding hydrogens is 332 g/mol. The van der Waals surface area contributed by atoms with Crippen LogP contribution in [0, 0.1) is 0 Å². The Bertz CT molecular complexity index is 613. The maximum atomic E-state index is 11.6. The SMILES string of the molecule is O=C1CC(=O)N(OC(=O)[C@@H](O)[C@@H](O)C(=O)ON2C(=O)CCC2=O)C1. The van der Waals surface area contributed by atoms with Crippen LogP contribution < -0.4 is 0 Å². The summed E-state index contributed by atoms with van der Waals surface area (Å²) < 4.78 is 0. The summed E-state index contributed by atoms with van der Waals surface area (Å²) in [7, 11) is 0. The molecule has 0 spiro atoms. The van der Waals surface area contributed by atoms with Gasteiger partial charge in [-0.05, 0) is 0 Å². The van der Waals surface area contributed by atoms with E-state index in [-0.39, 0.29) is 17.9 Å². The molecule has 0 aromatic heterocycles. The molecule has 2 heterocycles. The highest BCUT2D eigenvalue weighted by molar-refractivity contribution is 6.05. The smallest absolute Gasteiger partial charge is 0.364 e. The molecule has 24 heavy (non-hydrogen) atoms. The molecule has 0 bridgehead atoms. The summed E-state index contributed by atoms with van der Waals surface area (Å²) in [6, 6.07) is 0. The van der Waals surface area contributed by atoms with E-state index in [1.54, 1.807) is 0 Å². The number of nitrogens with zero attached hydrogens (tertiary/aromatic N) is 2. The van der Waals surface area contributed by atoms with E-state index in [0.717, 1.165) is 0 Å². The van der Waals surface area contributed by atoms with Gasteiger partial charge in [0.1, 0.15) is 6.54 Å². The van der Waals surface area contributed by atoms with Gasteiger partial charge in [0.05, 0.1) is 6.42 Å². The van der Waals surface area contributed by atoms with E-state index < -0.39 is 60.6 Å². The van der Waals surface area contributed by atoms with E-state index >= 15 is 0 Å². The lowest BCUT2D eigenvalue weighted by molar-refractivity contribution is -0.215. The molecule has 0 radical (unpaired) electrons. The molecule has 12 heteroatoms. The van der Waals surface area contributed by atoms with E-state index in [1.807, 2.05) is 0 Å². The summed E-state index contributed by atoms with van der Waals surface area (Å²) in [5.41, 5.74) is 0. The number of hydrogen-bond donors (Lipinski definition) is 2. The average Bonchev–Trinajstić information content (AvgIpc) is 3.00. The van der Waals surface area contributed by atoms with Crippen LogP contribution in [0.1, 0.15) is 19.3 Å². The molecule has 130 valence electrons. The Balaban J connectivity index is 1.91. The molecule has 0 saturated carbocycles. The highest BCUT2D eigenvalue weighted by atomic mass is 16.7. The summed E-state index contributed by atoms with van der Waals surface area (Å²) in [4.78, 5) is 76.6. The van der Waals surface area contributed by atoms with Crippen molar-refractivity contribution in [1.82, 2.24) is 10.1 Å². The maximum Gasteiger partial charge on any atom is 0.364 e. The Labute approximate surface area is 133 Å². The first-order valence-corrected chi connectivity index (χ1v) is 6.68. The number of hydrogen-bond acceptors (Lipinski definition) is 10. The van der Waals surface area contributed by atoms with Gasteiger partial charge in [0.25, 0.3) is 17.7 Å². The zero-order valence-electron chi connectivity index (χ0n) is 12.0. The maximum absolute atomic E-state index is 11.6. The number of ketones is 1. The van der Waals surface area contributed by atoms with Crippen LogP contribution in [0.15, 0.2) is 0 Å². The van der Waals surface area contributed by atoms with Crippen LogP contribution in [0.2, 0.25) is 0 Å². The number of carbonyl (C=O) groups excluding carboxylic acids is 6. The first-order valence-electron chi connectivity index (χ1n) is 6.68. The van der Waals surface area contributed by atoms with Gasteiger partial charge in [-0.1, -0.05) is 0 Å². The second-order valence-corrected chi connectivity index (χ2v) is 4.94. The van der Waals surface area contributed by atoms with Crippen molar-refractivity contribution in [2.24, 2.45) is 0 Å². The van der Waals surface area contributed by atoms with Gasteiger partial charge in [-0.25, -0.2) is 9.59 Å². The van der Waals surface area contributed by atoms with Gasteiger partial charge in [-0.15, -0.1) is 5.06 Å². The monoisotopic (exact) mass is 344 g/mol. The van der Waals surface area contributed by atoms with Crippen molar-refractivity contribution in [3.63, 3.8) is 0 Å². The second kappa shape index (κ2) is 6.72. The van der Waals surface area contributed by atoms with Crippen molar-refractivity contribution in [1.29, 1.82) is 0 Å². The van der Waals surface area contributed by atoms with Crippen LogP contribution in [0.3, 0.4) is 0 Å². The van der Waals surface area contributed by atoms with Crippen molar-refractivity contribution in [3.8, 4) is 0 Å². The normalized spacial score (nSPS) is 20.4. The molecule has 0 aromatic rings. The quantitative estimate of drug-likeness (QED) is 0.378. The topological polar surface area (TPSA) is 168 Å². The standard InChI is InChI=1S/C12H12N2O10/c15-5-3-8(18)13(4-5)23-11(21)9(19)10(20)12(22)24-14-6(16)1-2-7(14)17/h9-10,19-20H,1-4H2/t9-,10+/m0/s1. The van der Waals surface area contributed by atoms with Crippen molar-refractivity contribution < 1.29 is 48.7 Å². The molecule has 2 aliphatic rings. The summed E-state index contributed by atoms with van der Waals surface area (Å²) in [6.07, 6.45) is -5.79. The number of imide groups is 1. The Hall–Kier alpha value is -2.86. The van der Waals surface area contributed by atoms with E-state index in [0.29, 0.717) is 5.06 Å². The number of hydroxylamine groups is 4. The third kappa shape index (κ3) is 3.55. The largest absolute Gasteiger partial charge is 0.379 e. The Morgan fingerprint density at radius 2 is 1.38 bits per heavy atom. The van der Waals surface area contributed by atoms with Gasteiger partial charge in [0.15, 0.2) is 18.0 Å². The van der Waals surface area contributed by atoms with Gasteiger partial charge >= 0.3 is 11.9 Å². The van der Waals surface area contributed by atoms with Crippen LogP contribution in [-0.4, -0.2) is 74.5 Å². The molecule has 2 aliphatic heterocycles. The number of amides is 3. The van der Waals surface area contributed by atoms with E-state index in [9.17, 15) is 39.0 Å². The molecule has 2 rings (SSSR count). The minimum absolute atomic E-state index is 0.117. The fraction of sp³-hybridized carbons (Fsp3) is 0.500. The van der Waals surface area contributed by atoms with Crippen molar-refractivity contribution in [3.05, 3.63) is 0 Å². The lowest BCUT2D eigenvalue weighted by Gasteiger charge is -2.20. The summed E-state index contributed by atoms with van der Waals surface area (Å²) >= 11 is 0. The molecule has 0 aromatic carbocycles. The molecule has 0 unspecified atom stereocenters. The molecule has 2 fully saturated rings. The minimum atomic E-state index is -2.48. The van der Waals surface area contributed by atoms with Crippen LogP contribution in [0.4, 0.5) is 0 Å². The fourth-order valence-corrected chi connectivity index (χ4v) is 1.87. The molecule has 2 saturated heterocycles. The first kappa shape index (κ1) is 17.5. The molecule has 12 nitrogen and oxygen atoms in total. The number of Topliss-reactive ketones (excluding diaryl/α,β-unsaturated/α-hetero) is 1. The van der Waals surface area contributed by atoms with E-state index in [4.69, 9.17) is 0 Å². The zero-order valence-corrected chi connectivity index (χ0v) is 12.0. The van der Waals surface area contributed by atoms with E-state index in [1.165, 1.54) is 0 Å². The Morgan fingerprint density at radius 1 is 0.875 bits per heavy atom. The number of carbonyl (C=O) groups is 6. The predicted octanol–water partition coefficient (Wildman–Crippen LogP) is -3.42. The lowest BCUT2D eigenvalue weighted by atomic mass is 10.2. The Morgan fingerprint density at radius 3 is 1.83 bits per heavy atom. The Kier molecular flexibility index (Phi) is 4.90. The van der Waals surface area contributed by atoms with Gasteiger partial charge in [0.2, 0.25) is 0 Å². The van der Waals surface area contributed by atoms with Crippen molar-refractivity contribution in [2.45, 2.75) is 31.5 Å². The van der Waals surface area contributed by atoms with E-state index in [2.05, 4.69) is 9.68 Å². The predicted molar refractivity (Wildman–Crippen MR) is 66.6 cm³/mol. The fourth-order valence-electron chi connectivity index (χ4n) is 1.87. The van der Waals surface area contributed by atoms with Crippen LogP contribution >= 0.6 is 0 Å². The second-order valence-electron chi connectivity index (χ2n) is 4.94. The van der Waals surface area contributed by atoms with Crippen LogP contribution in [0.5, 0.6) is 0 Å². The van der Waals surface area contributed by atoms with Crippen LogP contribution in [0.25, 0.3) is 0 Å². The molecule has 3 amide bonds. The molecule has 2 atom stereocenters. The minimum Gasteiger partial charge on any atom is -0.379 e. The third-order valence-electron chi connectivity index (χ3n) is 3.12. The lowest BCUT2D eigenvalue weighted by Crippen LogP contribution is -2.46. The van der Waals surface area contributed by atoms with Crippen LogP contribution in [-0.2, 0) is 38.4 Å². The average molecular weight is 344 g/mol. The third-order valence-corrected chi connectivity index (χ3v) is 3.12. The summed E-state index contributed by atoms with van der Waals surface area (Å²) in [6.45, 7) is -0.519. The van der Waals surface area contributed by atoms with Crippen molar-refractivity contribution >= 4 is 35.4 Å². The summed E-state index contributed by atoms with van der Waals surface area (Å²) in [5.74, 6) is -6.23. The van der Waals surface area contributed by atoms with Gasteiger partial charge in [-0.3, -0.25) is 19.2 Å². The first-order chi connectivity index (χ1) is 11.2. The molecule has 2 N–H and O–H groups in total. The zero-order chi connectivity index (χ0) is 18.0. The number of aliphatic hydroxyl groups is 2. The van der Waals surface area contributed by atoms with Gasteiger partial charge in [0, 0.05) is 12.8 Å². The highest BCUT2D eigenvalue weighted by Gasteiger charge is 2.40.